The molecule has 1 aromatic carbocycles. The quantitative estimate of drug-likeness (QED) is 0.577. The van der Waals surface area contributed by atoms with E-state index in [0.717, 1.165) is 54.3 Å². The molecule has 2 N–H and O–H groups in total. The second kappa shape index (κ2) is 11.1. The number of aromatic nitrogens is 2. The number of nitrogens with zero attached hydrogens (tertiary/aromatic N) is 4. The summed E-state index contributed by atoms with van der Waals surface area (Å²) in [6.07, 6.45) is 7.40. The Balaban J connectivity index is 1.50. The summed E-state index contributed by atoms with van der Waals surface area (Å²) in [6.45, 7) is 7.03. The average molecular weight is 473 g/mol. The molecule has 2 saturated heterocycles. The minimum absolute atomic E-state index is 0.496. The number of nitrogens with one attached hydrogen (secondary N) is 2. The maximum absolute atomic E-state index is 6.27. The van der Waals surface area contributed by atoms with Gasteiger partial charge in [-0.2, -0.15) is 9.97 Å². The molecule has 0 amide bonds. The van der Waals surface area contributed by atoms with Crippen LogP contribution in [0.25, 0.3) is 0 Å². The van der Waals surface area contributed by atoms with Crippen LogP contribution < -0.4 is 20.4 Å². The van der Waals surface area contributed by atoms with Crippen molar-refractivity contribution < 1.29 is 0 Å². The molecule has 172 valence electrons. The van der Waals surface area contributed by atoms with E-state index in [2.05, 4.69) is 33.4 Å². The fourth-order valence-corrected chi connectivity index (χ4v) is 4.67. The number of anilines is 3. The van der Waals surface area contributed by atoms with Gasteiger partial charge in [-0.3, -0.25) is 0 Å². The van der Waals surface area contributed by atoms with Crippen molar-refractivity contribution in [3.05, 3.63) is 40.9 Å². The minimum atomic E-state index is 0.496. The van der Waals surface area contributed by atoms with Crippen molar-refractivity contribution in [1.29, 1.82) is 0 Å². The van der Waals surface area contributed by atoms with E-state index in [9.17, 15) is 0 Å². The lowest BCUT2D eigenvalue weighted by Gasteiger charge is -2.32. The largest absolute Gasteiger partial charge is 0.358 e. The lowest BCUT2D eigenvalue weighted by atomic mass is 9.99. The van der Waals surface area contributed by atoms with Crippen LogP contribution in [0.5, 0.6) is 0 Å². The molecule has 0 atom stereocenters. The lowest BCUT2D eigenvalue weighted by molar-refractivity contribution is 0.436. The predicted molar refractivity (Wildman–Crippen MR) is 138 cm³/mol. The van der Waals surface area contributed by atoms with Gasteiger partial charge in [0.05, 0.1) is 0 Å². The highest BCUT2D eigenvalue weighted by Gasteiger charge is 2.21. The molecule has 0 saturated carbocycles. The number of piperidine rings is 1. The Morgan fingerprint density at radius 3 is 2.28 bits per heavy atom. The molecular weight excluding hydrogens is 440 g/mol. The molecule has 0 aliphatic carbocycles. The molecule has 0 unspecified atom stereocenters. The third kappa shape index (κ3) is 6.23. The Kier molecular flexibility index (Phi) is 8.03. The normalized spacial score (nSPS) is 17.7. The number of hydrogen-bond donors (Lipinski definition) is 2. The van der Waals surface area contributed by atoms with E-state index in [1.54, 1.807) is 0 Å². The van der Waals surface area contributed by atoms with Crippen molar-refractivity contribution in [2.75, 3.05) is 41.3 Å². The van der Waals surface area contributed by atoms with Gasteiger partial charge >= 0.3 is 0 Å². The molecule has 2 fully saturated rings. The molecule has 2 aromatic rings. The fraction of sp³-hybridized carbons (Fsp3) is 0.542. The van der Waals surface area contributed by atoms with Gasteiger partial charge in [0.1, 0.15) is 11.6 Å². The standard InChI is InChI=1S/C24H33ClN6S/c1-18-10-14-31(15-11-18)22-16-21(30-12-6-2-3-7-13-30)27-23(28-22)29-24(32)26-17-19-8-4-5-9-20(19)25/h4-5,8-9,16,18H,2-3,6-7,10-15,17H2,1H3,(H2,26,27,28,29,32). The predicted octanol–water partition coefficient (Wildman–Crippen LogP) is 5.23. The Morgan fingerprint density at radius 1 is 1.00 bits per heavy atom. The molecule has 0 bridgehead atoms. The van der Waals surface area contributed by atoms with Gasteiger partial charge in [0, 0.05) is 43.8 Å². The van der Waals surface area contributed by atoms with E-state index in [1.165, 1.54) is 38.5 Å². The smallest absolute Gasteiger partial charge is 0.232 e. The first-order valence-corrected chi connectivity index (χ1v) is 12.5. The molecule has 4 rings (SSSR count). The maximum Gasteiger partial charge on any atom is 0.232 e. The number of benzene rings is 1. The van der Waals surface area contributed by atoms with Crippen LogP contribution in [-0.4, -0.2) is 41.3 Å². The summed E-state index contributed by atoms with van der Waals surface area (Å²) in [6, 6.07) is 9.93. The summed E-state index contributed by atoms with van der Waals surface area (Å²) in [5.74, 6) is 3.31. The van der Waals surface area contributed by atoms with Crippen LogP contribution >= 0.6 is 23.8 Å². The lowest BCUT2D eigenvalue weighted by Crippen LogP contribution is -2.35. The van der Waals surface area contributed by atoms with E-state index in [1.807, 2.05) is 24.3 Å². The third-order valence-corrected chi connectivity index (χ3v) is 6.97. The number of halogens is 1. The van der Waals surface area contributed by atoms with Gasteiger partial charge in [0.15, 0.2) is 5.11 Å². The molecule has 0 radical (unpaired) electrons. The fourth-order valence-electron chi connectivity index (χ4n) is 4.30. The second-order valence-corrected chi connectivity index (χ2v) is 9.69. The van der Waals surface area contributed by atoms with Crippen LogP contribution in [0.3, 0.4) is 0 Å². The second-order valence-electron chi connectivity index (χ2n) is 8.88. The van der Waals surface area contributed by atoms with Crippen molar-refractivity contribution in [3.63, 3.8) is 0 Å². The molecular formula is C24H33ClN6S. The van der Waals surface area contributed by atoms with Crippen LogP contribution in [0.4, 0.5) is 17.6 Å². The van der Waals surface area contributed by atoms with E-state index in [0.29, 0.717) is 17.6 Å². The van der Waals surface area contributed by atoms with Gasteiger partial charge in [-0.1, -0.05) is 49.6 Å². The van der Waals surface area contributed by atoms with Crippen molar-refractivity contribution in [2.45, 2.75) is 52.0 Å². The Morgan fingerprint density at radius 2 is 1.62 bits per heavy atom. The van der Waals surface area contributed by atoms with Crippen LogP contribution in [0.15, 0.2) is 30.3 Å². The molecule has 2 aliphatic rings. The summed E-state index contributed by atoms with van der Waals surface area (Å²) in [5.41, 5.74) is 1.00. The van der Waals surface area contributed by atoms with Gasteiger partial charge in [0.2, 0.25) is 5.95 Å². The molecule has 0 spiro atoms. The first-order valence-electron chi connectivity index (χ1n) is 11.8. The molecule has 8 heteroatoms. The zero-order chi connectivity index (χ0) is 22.3. The van der Waals surface area contributed by atoms with Crippen molar-refractivity contribution in [2.24, 2.45) is 5.92 Å². The molecule has 2 aliphatic heterocycles. The highest BCUT2D eigenvalue weighted by Crippen LogP contribution is 2.27. The van der Waals surface area contributed by atoms with Gasteiger partial charge in [0.25, 0.3) is 0 Å². The average Bonchev–Trinajstić information content (AvgIpc) is 3.08. The Hall–Kier alpha value is -2.12. The molecule has 3 heterocycles. The van der Waals surface area contributed by atoms with Crippen LogP contribution in [0.1, 0.15) is 51.0 Å². The summed E-state index contributed by atoms with van der Waals surface area (Å²) < 4.78 is 0. The minimum Gasteiger partial charge on any atom is -0.358 e. The summed E-state index contributed by atoms with van der Waals surface area (Å²) in [7, 11) is 0. The summed E-state index contributed by atoms with van der Waals surface area (Å²) in [4.78, 5) is 14.5. The van der Waals surface area contributed by atoms with E-state index >= 15 is 0 Å². The zero-order valence-electron chi connectivity index (χ0n) is 18.8. The molecule has 32 heavy (non-hydrogen) atoms. The number of thiocarbonyl (C=S) groups is 1. The van der Waals surface area contributed by atoms with Gasteiger partial charge in [-0.05, 0) is 55.4 Å². The van der Waals surface area contributed by atoms with Crippen LogP contribution in [-0.2, 0) is 6.54 Å². The van der Waals surface area contributed by atoms with E-state index < -0.39 is 0 Å². The van der Waals surface area contributed by atoms with E-state index in [4.69, 9.17) is 33.8 Å². The Labute approximate surface area is 201 Å². The number of rotatable bonds is 5. The molecule has 1 aromatic heterocycles. The Bertz CT molecular complexity index is 907. The SMILES string of the molecule is CC1CCN(c2cc(N3CCCCCC3)nc(NC(=S)NCc3ccccc3Cl)n2)CC1. The first kappa shape index (κ1) is 23.1. The van der Waals surface area contributed by atoms with Gasteiger partial charge < -0.3 is 20.4 Å². The van der Waals surface area contributed by atoms with Crippen LogP contribution in [0.2, 0.25) is 5.02 Å². The van der Waals surface area contributed by atoms with Gasteiger partial charge in [-0.25, -0.2) is 0 Å². The monoisotopic (exact) mass is 472 g/mol. The highest BCUT2D eigenvalue weighted by atomic mass is 35.5. The maximum atomic E-state index is 6.27. The van der Waals surface area contributed by atoms with Crippen molar-refractivity contribution in [3.8, 4) is 0 Å². The summed E-state index contributed by atoms with van der Waals surface area (Å²) in [5, 5.41) is 7.67. The first-order chi connectivity index (χ1) is 15.6. The van der Waals surface area contributed by atoms with Crippen LogP contribution in [0, 0.1) is 5.92 Å². The topological polar surface area (TPSA) is 56.3 Å². The zero-order valence-corrected chi connectivity index (χ0v) is 20.4. The van der Waals surface area contributed by atoms with Gasteiger partial charge in [-0.15, -0.1) is 0 Å². The molecule has 6 nitrogen and oxygen atoms in total. The number of hydrogen-bond acceptors (Lipinski definition) is 5. The third-order valence-electron chi connectivity index (χ3n) is 6.36. The van der Waals surface area contributed by atoms with Crippen molar-refractivity contribution >= 4 is 46.5 Å². The highest BCUT2D eigenvalue weighted by molar-refractivity contribution is 7.80. The van der Waals surface area contributed by atoms with Crippen molar-refractivity contribution in [1.82, 2.24) is 15.3 Å². The summed E-state index contributed by atoms with van der Waals surface area (Å²) >= 11 is 11.8. The van der Waals surface area contributed by atoms with E-state index in [-0.39, 0.29) is 0 Å².